The third-order valence-electron chi connectivity index (χ3n) is 2.32. The fourth-order valence-corrected chi connectivity index (χ4v) is 1.55. The van der Waals surface area contributed by atoms with Gasteiger partial charge in [0.05, 0.1) is 11.1 Å². The topological polar surface area (TPSA) is 87.1 Å². The van der Waals surface area contributed by atoms with Crippen LogP contribution in [0.2, 0.25) is 0 Å². The summed E-state index contributed by atoms with van der Waals surface area (Å²) >= 11 is 3.94. The van der Waals surface area contributed by atoms with E-state index in [4.69, 9.17) is 0 Å². The fourth-order valence-electron chi connectivity index (χ4n) is 1.41. The molecule has 18 heavy (non-hydrogen) atoms. The lowest BCUT2D eigenvalue weighted by molar-refractivity contribution is -0.387. The third kappa shape index (κ3) is 2.89. The number of nitrogens with zero attached hydrogens (tertiary/aromatic N) is 3. The van der Waals surface area contributed by atoms with Crippen LogP contribution in [0.3, 0.4) is 0 Å². The standard InChI is InChI=1S/C10H13N3O4S/c1-2-11-7-8(13(16)17)9(14)12(10(11)15)5-3-4-6-18/h3-4,7,18H,2,5-6H2,1H3. The molecule has 0 saturated carbocycles. The second-order valence-electron chi connectivity index (χ2n) is 3.41. The van der Waals surface area contributed by atoms with Crippen molar-refractivity contribution in [2.75, 3.05) is 5.75 Å². The van der Waals surface area contributed by atoms with Crippen LogP contribution in [0.5, 0.6) is 0 Å². The van der Waals surface area contributed by atoms with Crippen molar-refractivity contribution >= 4 is 18.3 Å². The summed E-state index contributed by atoms with van der Waals surface area (Å²) in [5.41, 5.74) is -2.05. The molecule has 0 aromatic carbocycles. The molecule has 1 rings (SSSR count). The van der Waals surface area contributed by atoms with Crippen molar-refractivity contribution in [1.82, 2.24) is 9.13 Å². The molecular formula is C10H13N3O4S. The lowest BCUT2D eigenvalue weighted by Gasteiger charge is -2.06. The molecule has 0 aliphatic rings. The number of aromatic nitrogens is 2. The smallest absolute Gasteiger partial charge is 0.294 e. The first-order valence-electron chi connectivity index (χ1n) is 5.27. The van der Waals surface area contributed by atoms with Gasteiger partial charge in [-0.1, -0.05) is 12.2 Å². The highest BCUT2D eigenvalue weighted by molar-refractivity contribution is 7.80. The van der Waals surface area contributed by atoms with Gasteiger partial charge in [-0.05, 0) is 6.92 Å². The molecule has 1 aromatic rings. The van der Waals surface area contributed by atoms with Gasteiger partial charge in [-0.3, -0.25) is 24.0 Å². The maximum Gasteiger partial charge on any atom is 0.350 e. The van der Waals surface area contributed by atoms with Gasteiger partial charge in [0.1, 0.15) is 0 Å². The summed E-state index contributed by atoms with van der Waals surface area (Å²) in [6.07, 6.45) is 4.20. The van der Waals surface area contributed by atoms with Gasteiger partial charge in [-0.25, -0.2) is 4.79 Å². The van der Waals surface area contributed by atoms with Crippen molar-refractivity contribution in [3.05, 3.63) is 49.3 Å². The van der Waals surface area contributed by atoms with Gasteiger partial charge < -0.3 is 0 Å². The zero-order chi connectivity index (χ0) is 13.7. The Morgan fingerprint density at radius 1 is 1.44 bits per heavy atom. The minimum atomic E-state index is -0.890. The van der Waals surface area contributed by atoms with Crippen LogP contribution in [0.4, 0.5) is 5.69 Å². The highest BCUT2D eigenvalue weighted by Crippen LogP contribution is 2.00. The molecule has 0 atom stereocenters. The lowest BCUT2D eigenvalue weighted by Crippen LogP contribution is -2.40. The Morgan fingerprint density at radius 3 is 2.61 bits per heavy atom. The van der Waals surface area contributed by atoms with Crippen LogP contribution in [0.1, 0.15) is 6.92 Å². The van der Waals surface area contributed by atoms with Crippen LogP contribution in [0, 0.1) is 10.1 Å². The van der Waals surface area contributed by atoms with E-state index in [1.807, 2.05) is 0 Å². The molecule has 0 aliphatic carbocycles. The summed E-state index contributed by atoms with van der Waals surface area (Å²) in [5, 5.41) is 10.7. The lowest BCUT2D eigenvalue weighted by atomic mass is 10.4. The maximum atomic E-state index is 11.8. The minimum Gasteiger partial charge on any atom is -0.294 e. The Labute approximate surface area is 108 Å². The zero-order valence-corrected chi connectivity index (χ0v) is 10.7. The molecule has 1 heterocycles. The number of allylic oxidation sites excluding steroid dienone is 1. The summed E-state index contributed by atoms with van der Waals surface area (Å²) in [5.74, 6) is 0.464. The number of rotatable bonds is 5. The van der Waals surface area contributed by atoms with Crippen molar-refractivity contribution in [3.8, 4) is 0 Å². The number of aryl methyl sites for hydroxylation is 1. The molecule has 0 radical (unpaired) electrons. The van der Waals surface area contributed by atoms with E-state index in [2.05, 4.69) is 12.6 Å². The third-order valence-corrected chi connectivity index (χ3v) is 2.53. The molecule has 7 nitrogen and oxygen atoms in total. The second kappa shape index (κ2) is 6.20. The summed E-state index contributed by atoms with van der Waals surface area (Å²) in [7, 11) is 0. The quantitative estimate of drug-likeness (QED) is 0.364. The van der Waals surface area contributed by atoms with Gasteiger partial charge in [-0.15, -0.1) is 0 Å². The Morgan fingerprint density at radius 2 is 2.11 bits per heavy atom. The van der Waals surface area contributed by atoms with Crippen molar-refractivity contribution in [2.24, 2.45) is 0 Å². The molecule has 0 aliphatic heterocycles. The van der Waals surface area contributed by atoms with Crippen LogP contribution in [0.25, 0.3) is 0 Å². The van der Waals surface area contributed by atoms with Crippen LogP contribution < -0.4 is 11.2 Å². The van der Waals surface area contributed by atoms with E-state index in [-0.39, 0.29) is 13.1 Å². The van der Waals surface area contributed by atoms with Gasteiger partial charge >= 0.3 is 16.9 Å². The molecule has 1 aromatic heterocycles. The Bertz CT molecular complexity index is 588. The van der Waals surface area contributed by atoms with Gasteiger partial charge in [0, 0.05) is 18.8 Å². The predicted octanol–water partition coefficient (Wildman–Crippen LogP) is 0.424. The molecule has 0 amide bonds. The van der Waals surface area contributed by atoms with Crippen LogP contribution in [0.15, 0.2) is 27.9 Å². The first-order valence-corrected chi connectivity index (χ1v) is 5.90. The first kappa shape index (κ1) is 14.2. The van der Waals surface area contributed by atoms with E-state index >= 15 is 0 Å². The average molecular weight is 271 g/mol. The van der Waals surface area contributed by atoms with Crippen LogP contribution in [-0.4, -0.2) is 19.8 Å². The highest BCUT2D eigenvalue weighted by Gasteiger charge is 2.18. The molecular weight excluding hydrogens is 258 g/mol. The normalized spacial score (nSPS) is 11.0. The maximum absolute atomic E-state index is 11.8. The Hall–Kier alpha value is -1.83. The number of thiol groups is 1. The minimum absolute atomic E-state index is 0.0000926. The predicted molar refractivity (Wildman–Crippen MR) is 70.3 cm³/mol. The van der Waals surface area contributed by atoms with Crippen molar-refractivity contribution in [1.29, 1.82) is 0 Å². The summed E-state index contributed by atoms with van der Waals surface area (Å²) in [4.78, 5) is 33.5. The molecule has 0 fully saturated rings. The van der Waals surface area contributed by atoms with Gasteiger partial charge in [0.2, 0.25) is 0 Å². The summed E-state index contributed by atoms with van der Waals surface area (Å²) in [6.45, 7) is 1.93. The van der Waals surface area contributed by atoms with E-state index in [0.29, 0.717) is 5.75 Å². The summed E-state index contributed by atoms with van der Waals surface area (Å²) in [6, 6.07) is 0. The average Bonchev–Trinajstić information content (AvgIpc) is 2.33. The number of nitro groups is 1. The Kier molecular flexibility index (Phi) is 4.90. The largest absolute Gasteiger partial charge is 0.350 e. The molecule has 0 N–H and O–H groups in total. The summed E-state index contributed by atoms with van der Waals surface area (Å²) < 4.78 is 1.97. The molecule has 0 bridgehead atoms. The van der Waals surface area contributed by atoms with E-state index in [1.165, 1.54) is 0 Å². The molecule has 98 valence electrons. The van der Waals surface area contributed by atoms with Crippen molar-refractivity contribution in [2.45, 2.75) is 20.0 Å². The van der Waals surface area contributed by atoms with Crippen LogP contribution in [-0.2, 0) is 13.1 Å². The number of hydrogen-bond acceptors (Lipinski definition) is 5. The molecule has 0 unspecified atom stereocenters. The van der Waals surface area contributed by atoms with E-state index in [1.54, 1.807) is 19.1 Å². The van der Waals surface area contributed by atoms with E-state index in [9.17, 15) is 19.7 Å². The second-order valence-corrected chi connectivity index (χ2v) is 3.77. The van der Waals surface area contributed by atoms with Gasteiger partial charge in [0.15, 0.2) is 0 Å². The Balaban J connectivity index is 3.43. The number of hydrogen-bond donors (Lipinski definition) is 1. The first-order chi connectivity index (χ1) is 8.52. The zero-order valence-electron chi connectivity index (χ0n) is 9.78. The molecule has 0 saturated heterocycles. The van der Waals surface area contributed by atoms with Crippen molar-refractivity contribution in [3.63, 3.8) is 0 Å². The molecule has 8 heteroatoms. The SMILES string of the molecule is CCn1cc([N+](=O)[O-])c(=O)n(CC=CCS)c1=O. The highest BCUT2D eigenvalue weighted by atomic mass is 32.1. The van der Waals surface area contributed by atoms with E-state index in [0.717, 1.165) is 15.3 Å². The fraction of sp³-hybridized carbons (Fsp3) is 0.400. The van der Waals surface area contributed by atoms with Crippen molar-refractivity contribution < 1.29 is 4.92 Å². The monoisotopic (exact) mass is 271 g/mol. The van der Waals surface area contributed by atoms with E-state index < -0.39 is 21.9 Å². The van der Waals surface area contributed by atoms with Crippen LogP contribution >= 0.6 is 12.6 Å². The molecule has 0 spiro atoms. The van der Waals surface area contributed by atoms with Gasteiger partial charge in [0.25, 0.3) is 0 Å². The van der Waals surface area contributed by atoms with Gasteiger partial charge in [-0.2, -0.15) is 12.6 Å².